The van der Waals surface area contributed by atoms with Crippen molar-refractivity contribution in [3.05, 3.63) is 23.8 Å². The second-order valence-electron chi connectivity index (χ2n) is 3.91. The highest BCUT2D eigenvalue weighted by molar-refractivity contribution is 9.09. The number of carbonyl (C=O) groups is 1. The minimum atomic E-state index is -4.50. The van der Waals surface area contributed by atoms with E-state index in [1.165, 1.54) is 25.3 Å². The Labute approximate surface area is 122 Å². The Bertz CT molecular complexity index is 480. The maximum absolute atomic E-state index is 12.4. The highest BCUT2D eigenvalue weighted by Gasteiger charge is 2.33. The van der Waals surface area contributed by atoms with Crippen LogP contribution in [0.5, 0.6) is 11.5 Å². The fourth-order valence-corrected chi connectivity index (χ4v) is 1.99. The Kier molecular flexibility index (Phi) is 5.67. The molecule has 1 aromatic rings. The largest absolute Gasteiger partial charge is 0.507 e. The summed E-state index contributed by atoms with van der Waals surface area (Å²) < 4.78 is 42.1. The van der Waals surface area contributed by atoms with Gasteiger partial charge in [0.15, 0.2) is 0 Å². The topological polar surface area (TPSA) is 49.8 Å². The molecule has 0 unspecified atom stereocenters. The first kappa shape index (κ1) is 16.6. The monoisotopic (exact) mass is 355 g/mol. The van der Waals surface area contributed by atoms with Crippen LogP contribution in [0.4, 0.5) is 13.2 Å². The lowest BCUT2D eigenvalue weighted by molar-refractivity contribution is -0.140. The maximum atomic E-state index is 12.4. The summed E-state index contributed by atoms with van der Waals surface area (Å²) in [5, 5.41) is 9.89. The van der Waals surface area contributed by atoms with Crippen LogP contribution in [0.1, 0.15) is 10.4 Å². The number of amides is 1. The van der Waals surface area contributed by atoms with E-state index in [9.17, 15) is 23.1 Å². The van der Waals surface area contributed by atoms with Crippen molar-refractivity contribution in [2.24, 2.45) is 0 Å². The normalized spacial score (nSPS) is 11.2. The predicted octanol–water partition coefficient (Wildman–Crippen LogP) is 2.80. The Morgan fingerprint density at radius 1 is 1.45 bits per heavy atom. The number of ether oxygens (including phenoxy) is 1. The molecule has 1 aromatic carbocycles. The van der Waals surface area contributed by atoms with Crippen LogP contribution in [-0.4, -0.2) is 47.6 Å². The van der Waals surface area contributed by atoms with Gasteiger partial charge < -0.3 is 14.7 Å². The molecule has 0 radical (unpaired) electrons. The molecule has 8 heteroatoms. The average Bonchev–Trinajstić information content (AvgIpc) is 2.35. The number of carbonyl (C=O) groups excluding carboxylic acids is 1. The van der Waals surface area contributed by atoms with Crippen molar-refractivity contribution in [2.45, 2.75) is 6.18 Å². The second-order valence-corrected chi connectivity index (χ2v) is 4.71. The highest BCUT2D eigenvalue weighted by Crippen LogP contribution is 2.26. The van der Waals surface area contributed by atoms with Crippen molar-refractivity contribution in [1.29, 1.82) is 0 Å². The van der Waals surface area contributed by atoms with Gasteiger partial charge in [0.2, 0.25) is 0 Å². The fraction of sp³-hybridized carbons (Fsp3) is 0.417. The molecular weight excluding hydrogens is 343 g/mol. The standard InChI is InChI=1S/C12H13BrF3NO3/c1-20-8-2-3-9(10(18)6-8)11(19)17(5-4-13)7-12(14,15)16/h2-3,6,18H,4-5,7H2,1H3. The van der Waals surface area contributed by atoms with Gasteiger partial charge in [-0.2, -0.15) is 13.2 Å². The third-order valence-electron chi connectivity index (χ3n) is 2.45. The van der Waals surface area contributed by atoms with Crippen molar-refractivity contribution < 1.29 is 27.8 Å². The van der Waals surface area contributed by atoms with Gasteiger partial charge in [-0.15, -0.1) is 0 Å². The number of phenols is 1. The van der Waals surface area contributed by atoms with E-state index >= 15 is 0 Å². The third kappa shape index (κ3) is 4.59. The summed E-state index contributed by atoms with van der Waals surface area (Å²) in [6.45, 7) is -1.49. The molecule has 0 saturated heterocycles. The van der Waals surface area contributed by atoms with Crippen LogP contribution < -0.4 is 4.74 Å². The van der Waals surface area contributed by atoms with Crippen LogP contribution in [0, 0.1) is 0 Å². The number of phenolic OH excluding ortho intramolecular Hbond substituents is 1. The van der Waals surface area contributed by atoms with Gasteiger partial charge in [-0.3, -0.25) is 4.79 Å². The molecule has 0 spiro atoms. The Hall–Kier alpha value is -1.44. The molecule has 0 saturated carbocycles. The zero-order valence-corrected chi connectivity index (χ0v) is 12.2. The quantitative estimate of drug-likeness (QED) is 0.826. The predicted molar refractivity (Wildman–Crippen MR) is 70.4 cm³/mol. The lowest BCUT2D eigenvalue weighted by atomic mass is 10.1. The first-order valence-electron chi connectivity index (χ1n) is 5.57. The number of nitrogens with zero attached hydrogens (tertiary/aromatic N) is 1. The van der Waals surface area contributed by atoms with E-state index in [1.807, 2.05) is 0 Å². The summed E-state index contributed by atoms with van der Waals surface area (Å²) in [5.74, 6) is -1.00. The Morgan fingerprint density at radius 3 is 2.55 bits per heavy atom. The second kappa shape index (κ2) is 6.83. The van der Waals surface area contributed by atoms with Gasteiger partial charge in [-0.25, -0.2) is 0 Å². The molecule has 0 bridgehead atoms. The minimum absolute atomic E-state index is 0.121. The van der Waals surface area contributed by atoms with Gasteiger partial charge in [0.1, 0.15) is 18.0 Å². The Morgan fingerprint density at radius 2 is 2.10 bits per heavy atom. The van der Waals surface area contributed by atoms with Gasteiger partial charge >= 0.3 is 6.18 Å². The fourth-order valence-electron chi connectivity index (χ4n) is 1.56. The first-order valence-corrected chi connectivity index (χ1v) is 6.69. The molecule has 112 valence electrons. The molecule has 0 atom stereocenters. The lowest BCUT2D eigenvalue weighted by Gasteiger charge is -2.23. The van der Waals surface area contributed by atoms with Gasteiger partial charge in [-0.05, 0) is 12.1 Å². The average molecular weight is 356 g/mol. The van der Waals surface area contributed by atoms with Crippen molar-refractivity contribution in [3.63, 3.8) is 0 Å². The summed E-state index contributed by atoms with van der Waals surface area (Å²) in [6.07, 6.45) is -4.50. The zero-order valence-electron chi connectivity index (χ0n) is 10.6. The van der Waals surface area contributed by atoms with Crippen LogP contribution in [0.3, 0.4) is 0 Å². The molecule has 0 aliphatic rings. The van der Waals surface area contributed by atoms with Gasteiger partial charge in [0.25, 0.3) is 5.91 Å². The SMILES string of the molecule is COc1ccc(C(=O)N(CCBr)CC(F)(F)F)c(O)c1. The van der Waals surface area contributed by atoms with E-state index in [1.54, 1.807) is 0 Å². The molecule has 0 heterocycles. The van der Waals surface area contributed by atoms with Crippen LogP contribution in [-0.2, 0) is 0 Å². The summed E-state index contributed by atoms with van der Waals surface area (Å²) in [6, 6.07) is 3.80. The summed E-state index contributed by atoms with van der Waals surface area (Å²) in [7, 11) is 1.37. The molecule has 0 aromatic heterocycles. The number of aromatic hydroxyl groups is 1. The van der Waals surface area contributed by atoms with E-state index in [0.29, 0.717) is 10.6 Å². The molecule has 1 amide bonds. The Balaban J connectivity index is 3.00. The molecule has 1 N–H and O–H groups in total. The number of hydrogen-bond donors (Lipinski definition) is 1. The summed E-state index contributed by atoms with van der Waals surface area (Å²) in [4.78, 5) is 12.7. The molecule has 0 fully saturated rings. The van der Waals surface area contributed by atoms with E-state index in [4.69, 9.17) is 4.74 Å². The van der Waals surface area contributed by atoms with Crippen molar-refractivity contribution in [3.8, 4) is 11.5 Å². The highest BCUT2D eigenvalue weighted by atomic mass is 79.9. The molecule has 1 rings (SSSR count). The van der Waals surface area contributed by atoms with E-state index in [0.717, 1.165) is 0 Å². The molecule has 0 aliphatic carbocycles. The molecule has 20 heavy (non-hydrogen) atoms. The molecular formula is C12H13BrF3NO3. The van der Waals surface area contributed by atoms with Crippen LogP contribution in [0.2, 0.25) is 0 Å². The number of hydrogen-bond acceptors (Lipinski definition) is 3. The number of alkyl halides is 4. The van der Waals surface area contributed by atoms with Gasteiger partial charge in [0, 0.05) is 17.9 Å². The van der Waals surface area contributed by atoms with Crippen LogP contribution in [0.15, 0.2) is 18.2 Å². The summed E-state index contributed by atoms with van der Waals surface area (Å²) in [5.41, 5.74) is -0.198. The van der Waals surface area contributed by atoms with Crippen molar-refractivity contribution >= 4 is 21.8 Å². The van der Waals surface area contributed by atoms with E-state index in [-0.39, 0.29) is 17.4 Å². The van der Waals surface area contributed by atoms with Crippen molar-refractivity contribution in [2.75, 3.05) is 25.5 Å². The van der Waals surface area contributed by atoms with E-state index in [2.05, 4.69) is 15.9 Å². The maximum Gasteiger partial charge on any atom is 0.406 e. The molecule has 0 aliphatic heterocycles. The number of methoxy groups -OCH3 is 1. The van der Waals surface area contributed by atoms with Crippen molar-refractivity contribution in [1.82, 2.24) is 4.90 Å². The molecule has 4 nitrogen and oxygen atoms in total. The van der Waals surface area contributed by atoms with Gasteiger partial charge in [-0.1, -0.05) is 15.9 Å². The zero-order chi connectivity index (χ0) is 15.3. The lowest BCUT2D eigenvalue weighted by Crippen LogP contribution is -2.40. The smallest absolute Gasteiger partial charge is 0.406 e. The number of rotatable bonds is 5. The minimum Gasteiger partial charge on any atom is -0.507 e. The third-order valence-corrected chi connectivity index (χ3v) is 2.80. The van der Waals surface area contributed by atoms with E-state index < -0.39 is 24.4 Å². The number of benzene rings is 1. The van der Waals surface area contributed by atoms with Crippen LogP contribution >= 0.6 is 15.9 Å². The number of halogens is 4. The van der Waals surface area contributed by atoms with Gasteiger partial charge in [0.05, 0.1) is 12.7 Å². The first-order chi connectivity index (χ1) is 9.28. The summed E-state index contributed by atoms with van der Waals surface area (Å²) >= 11 is 3.00. The van der Waals surface area contributed by atoms with Crippen LogP contribution in [0.25, 0.3) is 0 Å².